The molecule has 2 aromatic rings. The molecule has 92 valence electrons. The number of ether oxygens (including phenoxy) is 1. The molecule has 0 aliphatic rings. The third-order valence-electron chi connectivity index (χ3n) is 2.55. The monoisotopic (exact) mass is 243 g/mol. The van der Waals surface area contributed by atoms with Gasteiger partial charge in [-0.25, -0.2) is 9.78 Å². The van der Waals surface area contributed by atoms with Crippen LogP contribution in [0.5, 0.6) is 5.88 Å². The van der Waals surface area contributed by atoms with Gasteiger partial charge in [0.05, 0.1) is 5.56 Å². The lowest BCUT2D eigenvalue weighted by molar-refractivity contribution is 0.0696. The summed E-state index contributed by atoms with van der Waals surface area (Å²) in [6.45, 7) is 1.92. The van der Waals surface area contributed by atoms with Crippen molar-refractivity contribution in [2.45, 2.75) is 13.0 Å². The number of pyridine rings is 1. The summed E-state index contributed by atoms with van der Waals surface area (Å²) in [6, 6.07) is 12.8. The topological polar surface area (TPSA) is 59.4 Å². The minimum Gasteiger partial charge on any atom is -0.478 e. The standard InChI is InChI=1S/C14H13NO3/c1-10(11-5-3-2-4-6-11)18-13-8-7-12(9-15-13)14(16)17/h2-10H,1H3,(H,16,17). The van der Waals surface area contributed by atoms with Gasteiger partial charge in [0, 0.05) is 12.3 Å². The Kier molecular flexibility index (Phi) is 3.57. The molecule has 2 rings (SSSR count). The second kappa shape index (κ2) is 5.31. The smallest absolute Gasteiger partial charge is 0.337 e. The van der Waals surface area contributed by atoms with Crippen LogP contribution in [0.4, 0.5) is 0 Å². The predicted molar refractivity (Wildman–Crippen MR) is 66.7 cm³/mol. The zero-order chi connectivity index (χ0) is 13.0. The van der Waals surface area contributed by atoms with Crippen molar-refractivity contribution >= 4 is 5.97 Å². The molecule has 1 aromatic carbocycles. The molecule has 18 heavy (non-hydrogen) atoms. The van der Waals surface area contributed by atoms with Crippen LogP contribution in [-0.4, -0.2) is 16.1 Å². The molecular weight excluding hydrogens is 230 g/mol. The van der Waals surface area contributed by atoms with Crippen molar-refractivity contribution in [3.05, 3.63) is 59.8 Å². The lowest BCUT2D eigenvalue weighted by Crippen LogP contribution is -2.05. The van der Waals surface area contributed by atoms with Gasteiger partial charge in [-0.05, 0) is 18.6 Å². The Morgan fingerprint density at radius 3 is 2.50 bits per heavy atom. The van der Waals surface area contributed by atoms with E-state index in [-0.39, 0.29) is 11.7 Å². The molecule has 4 nitrogen and oxygen atoms in total. The summed E-state index contributed by atoms with van der Waals surface area (Å²) < 4.78 is 5.63. The second-order valence-electron chi connectivity index (χ2n) is 3.86. The first-order valence-corrected chi connectivity index (χ1v) is 5.58. The first-order valence-electron chi connectivity index (χ1n) is 5.58. The van der Waals surface area contributed by atoms with Crippen molar-refractivity contribution < 1.29 is 14.6 Å². The minimum absolute atomic E-state index is 0.130. The largest absolute Gasteiger partial charge is 0.478 e. The van der Waals surface area contributed by atoms with Crippen LogP contribution in [0.1, 0.15) is 28.9 Å². The SMILES string of the molecule is CC(Oc1ccc(C(=O)O)cn1)c1ccccc1. The Hall–Kier alpha value is -2.36. The summed E-state index contributed by atoms with van der Waals surface area (Å²) in [5, 5.41) is 8.75. The number of carboxylic acids is 1. The Morgan fingerprint density at radius 2 is 1.94 bits per heavy atom. The first kappa shape index (κ1) is 12.1. The highest BCUT2D eigenvalue weighted by Gasteiger charge is 2.08. The summed E-state index contributed by atoms with van der Waals surface area (Å²) in [4.78, 5) is 14.6. The normalized spacial score (nSPS) is 11.8. The van der Waals surface area contributed by atoms with E-state index in [1.165, 1.54) is 12.3 Å². The summed E-state index contributed by atoms with van der Waals surface area (Å²) in [7, 11) is 0. The Bertz CT molecular complexity index is 522. The van der Waals surface area contributed by atoms with E-state index in [1.807, 2.05) is 37.3 Å². The number of benzene rings is 1. The summed E-state index contributed by atoms with van der Waals surface area (Å²) in [6.07, 6.45) is 1.16. The highest BCUT2D eigenvalue weighted by atomic mass is 16.5. The van der Waals surface area contributed by atoms with E-state index in [4.69, 9.17) is 9.84 Å². The van der Waals surface area contributed by atoms with Crippen molar-refractivity contribution in [3.63, 3.8) is 0 Å². The highest BCUT2D eigenvalue weighted by molar-refractivity contribution is 5.87. The van der Waals surface area contributed by atoms with Crippen LogP contribution in [0.2, 0.25) is 0 Å². The molecule has 0 aliphatic carbocycles. The van der Waals surface area contributed by atoms with Gasteiger partial charge in [-0.15, -0.1) is 0 Å². The maximum Gasteiger partial charge on any atom is 0.337 e. The fourth-order valence-corrected chi connectivity index (χ4v) is 1.55. The molecule has 1 unspecified atom stereocenters. The number of carbonyl (C=O) groups is 1. The fraction of sp³-hybridized carbons (Fsp3) is 0.143. The zero-order valence-corrected chi connectivity index (χ0v) is 9.91. The van der Waals surface area contributed by atoms with Crippen molar-refractivity contribution in [2.24, 2.45) is 0 Å². The molecule has 1 atom stereocenters. The third kappa shape index (κ3) is 2.85. The van der Waals surface area contributed by atoms with Gasteiger partial charge >= 0.3 is 5.97 Å². The first-order chi connectivity index (χ1) is 8.66. The molecule has 0 aliphatic heterocycles. The van der Waals surface area contributed by atoms with Gasteiger partial charge in [0.1, 0.15) is 6.10 Å². The Labute approximate surface area is 105 Å². The average molecular weight is 243 g/mol. The van der Waals surface area contributed by atoms with Gasteiger partial charge in [-0.3, -0.25) is 0 Å². The van der Waals surface area contributed by atoms with Crippen molar-refractivity contribution in [2.75, 3.05) is 0 Å². The molecule has 0 saturated carbocycles. The Balaban J connectivity index is 2.08. The van der Waals surface area contributed by atoms with Crippen LogP contribution in [0, 0.1) is 0 Å². The van der Waals surface area contributed by atoms with E-state index in [2.05, 4.69) is 4.98 Å². The number of nitrogens with zero attached hydrogens (tertiary/aromatic N) is 1. The maximum absolute atomic E-state index is 10.7. The van der Waals surface area contributed by atoms with Gasteiger partial charge in [-0.1, -0.05) is 30.3 Å². The van der Waals surface area contributed by atoms with Gasteiger partial charge in [-0.2, -0.15) is 0 Å². The summed E-state index contributed by atoms with van der Waals surface area (Å²) >= 11 is 0. The quantitative estimate of drug-likeness (QED) is 0.896. The average Bonchev–Trinajstić information content (AvgIpc) is 2.40. The van der Waals surface area contributed by atoms with Gasteiger partial charge in [0.2, 0.25) is 5.88 Å². The number of hydrogen-bond donors (Lipinski definition) is 1. The molecular formula is C14H13NO3. The van der Waals surface area contributed by atoms with Crippen LogP contribution >= 0.6 is 0 Å². The van der Waals surface area contributed by atoms with Crippen molar-refractivity contribution in [1.29, 1.82) is 0 Å². The van der Waals surface area contributed by atoms with E-state index in [0.29, 0.717) is 5.88 Å². The Morgan fingerprint density at radius 1 is 1.22 bits per heavy atom. The van der Waals surface area contributed by atoms with Crippen molar-refractivity contribution in [3.8, 4) is 5.88 Å². The molecule has 1 aromatic heterocycles. The van der Waals surface area contributed by atoms with Crippen LogP contribution in [0.15, 0.2) is 48.7 Å². The molecule has 1 N–H and O–H groups in total. The van der Waals surface area contributed by atoms with Gasteiger partial charge in [0.15, 0.2) is 0 Å². The van der Waals surface area contributed by atoms with E-state index in [0.717, 1.165) is 5.56 Å². The lowest BCUT2D eigenvalue weighted by atomic mass is 10.1. The number of carboxylic acid groups (broad SMARTS) is 1. The summed E-state index contributed by atoms with van der Waals surface area (Å²) in [5.41, 5.74) is 1.19. The van der Waals surface area contributed by atoms with Gasteiger partial charge < -0.3 is 9.84 Å². The van der Waals surface area contributed by atoms with Crippen LogP contribution in [-0.2, 0) is 0 Å². The molecule has 1 heterocycles. The molecule has 4 heteroatoms. The lowest BCUT2D eigenvalue weighted by Gasteiger charge is -2.13. The van der Waals surface area contributed by atoms with Crippen molar-refractivity contribution in [1.82, 2.24) is 4.98 Å². The summed E-state index contributed by atoms with van der Waals surface area (Å²) in [5.74, 6) is -0.582. The van der Waals surface area contributed by atoms with Crippen LogP contribution < -0.4 is 4.74 Å². The minimum atomic E-state index is -0.995. The van der Waals surface area contributed by atoms with Crippen LogP contribution in [0.3, 0.4) is 0 Å². The van der Waals surface area contributed by atoms with E-state index >= 15 is 0 Å². The molecule has 0 fully saturated rings. The third-order valence-corrected chi connectivity index (χ3v) is 2.55. The number of rotatable bonds is 4. The zero-order valence-electron chi connectivity index (χ0n) is 9.91. The molecule has 0 amide bonds. The van der Waals surface area contributed by atoms with E-state index in [9.17, 15) is 4.79 Å². The van der Waals surface area contributed by atoms with Crippen LogP contribution in [0.25, 0.3) is 0 Å². The van der Waals surface area contributed by atoms with E-state index in [1.54, 1.807) is 6.07 Å². The highest BCUT2D eigenvalue weighted by Crippen LogP contribution is 2.19. The number of hydrogen-bond acceptors (Lipinski definition) is 3. The predicted octanol–water partition coefficient (Wildman–Crippen LogP) is 2.92. The van der Waals surface area contributed by atoms with E-state index < -0.39 is 5.97 Å². The fourth-order valence-electron chi connectivity index (χ4n) is 1.55. The second-order valence-corrected chi connectivity index (χ2v) is 3.86. The molecule has 0 spiro atoms. The van der Waals surface area contributed by atoms with Gasteiger partial charge in [0.25, 0.3) is 0 Å². The maximum atomic E-state index is 10.7. The molecule has 0 bridgehead atoms. The molecule has 0 saturated heterocycles. The molecule has 0 radical (unpaired) electrons. The number of aromatic carboxylic acids is 1. The number of aromatic nitrogens is 1.